The van der Waals surface area contributed by atoms with Crippen molar-refractivity contribution in [2.75, 3.05) is 6.61 Å². The standard InChI is InChI=1S/C15H16N2O4/c1-3-8-21-14(19)12-9(2)16-15(20)17-13(12)10-4-6-11(18)7-5-10/h3-7,13,18H,1,8H2,2H3,(H2,16,17,20)/t13-/m0/s1. The second-order valence-electron chi connectivity index (χ2n) is 4.55. The average molecular weight is 288 g/mol. The Morgan fingerprint density at radius 1 is 1.43 bits per heavy atom. The fourth-order valence-electron chi connectivity index (χ4n) is 2.09. The van der Waals surface area contributed by atoms with Crippen LogP contribution in [0.3, 0.4) is 0 Å². The van der Waals surface area contributed by atoms with Crippen LogP contribution in [0.2, 0.25) is 0 Å². The van der Waals surface area contributed by atoms with Crippen molar-refractivity contribution in [2.24, 2.45) is 0 Å². The number of carbonyl (C=O) groups excluding carboxylic acids is 2. The number of esters is 1. The van der Waals surface area contributed by atoms with Crippen molar-refractivity contribution in [3.63, 3.8) is 0 Å². The molecule has 0 unspecified atom stereocenters. The molecular formula is C15H16N2O4. The highest BCUT2D eigenvalue weighted by Crippen LogP contribution is 2.28. The molecule has 110 valence electrons. The van der Waals surface area contributed by atoms with Crippen LogP contribution < -0.4 is 10.6 Å². The van der Waals surface area contributed by atoms with Gasteiger partial charge in [0.05, 0.1) is 11.6 Å². The van der Waals surface area contributed by atoms with Crippen molar-refractivity contribution in [2.45, 2.75) is 13.0 Å². The summed E-state index contributed by atoms with van der Waals surface area (Å²) in [6, 6.07) is 5.23. The zero-order valence-electron chi connectivity index (χ0n) is 11.6. The maximum absolute atomic E-state index is 12.2. The van der Waals surface area contributed by atoms with Gasteiger partial charge in [-0.3, -0.25) is 0 Å². The monoisotopic (exact) mass is 288 g/mol. The lowest BCUT2D eigenvalue weighted by atomic mass is 9.95. The van der Waals surface area contributed by atoms with E-state index in [0.717, 1.165) is 0 Å². The van der Waals surface area contributed by atoms with E-state index in [2.05, 4.69) is 17.2 Å². The summed E-state index contributed by atoms with van der Waals surface area (Å²) < 4.78 is 5.06. The first kappa shape index (κ1) is 14.6. The number of aromatic hydroxyl groups is 1. The first-order chi connectivity index (χ1) is 10.0. The Hall–Kier alpha value is -2.76. The minimum Gasteiger partial charge on any atom is -0.508 e. The van der Waals surface area contributed by atoms with E-state index >= 15 is 0 Å². The molecule has 1 aromatic carbocycles. The van der Waals surface area contributed by atoms with Crippen molar-refractivity contribution in [3.8, 4) is 5.75 Å². The molecule has 1 aliphatic rings. The van der Waals surface area contributed by atoms with E-state index in [9.17, 15) is 14.7 Å². The minimum atomic E-state index is -0.628. The molecule has 0 bridgehead atoms. The second-order valence-corrected chi connectivity index (χ2v) is 4.55. The Balaban J connectivity index is 2.37. The van der Waals surface area contributed by atoms with Crippen LogP contribution >= 0.6 is 0 Å². The summed E-state index contributed by atoms with van der Waals surface area (Å²) in [6.07, 6.45) is 1.47. The van der Waals surface area contributed by atoms with Gasteiger partial charge in [0.2, 0.25) is 0 Å². The minimum absolute atomic E-state index is 0.0891. The molecule has 0 radical (unpaired) electrons. The number of ether oxygens (including phenoxy) is 1. The van der Waals surface area contributed by atoms with Crippen LogP contribution in [-0.2, 0) is 9.53 Å². The summed E-state index contributed by atoms with van der Waals surface area (Å²) in [5, 5.41) is 14.6. The Labute approximate surface area is 122 Å². The zero-order valence-corrected chi connectivity index (χ0v) is 11.6. The van der Waals surface area contributed by atoms with E-state index in [1.807, 2.05) is 0 Å². The molecule has 0 saturated carbocycles. The highest BCUT2D eigenvalue weighted by molar-refractivity contribution is 5.95. The second kappa shape index (κ2) is 6.13. The van der Waals surface area contributed by atoms with Crippen molar-refractivity contribution in [1.82, 2.24) is 10.6 Å². The summed E-state index contributed by atoms with van der Waals surface area (Å²) in [4.78, 5) is 23.8. The molecule has 2 rings (SSSR count). The number of hydrogen-bond acceptors (Lipinski definition) is 4. The number of carbonyl (C=O) groups is 2. The van der Waals surface area contributed by atoms with Gasteiger partial charge in [-0.05, 0) is 24.6 Å². The number of rotatable bonds is 4. The summed E-state index contributed by atoms with van der Waals surface area (Å²) in [6.45, 7) is 5.21. The SMILES string of the molecule is C=CCOC(=O)C1=C(C)NC(=O)N[C@H]1c1ccc(O)cc1. The van der Waals surface area contributed by atoms with E-state index in [1.165, 1.54) is 18.2 Å². The lowest BCUT2D eigenvalue weighted by Gasteiger charge is -2.28. The maximum Gasteiger partial charge on any atom is 0.338 e. The molecule has 0 fully saturated rings. The first-order valence-corrected chi connectivity index (χ1v) is 6.38. The van der Waals surface area contributed by atoms with Crippen molar-refractivity contribution in [1.29, 1.82) is 0 Å². The molecule has 1 aliphatic heterocycles. The molecule has 3 N–H and O–H groups in total. The number of benzene rings is 1. The topological polar surface area (TPSA) is 87.7 Å². The number of hydrogen-bond donors (Lipinski definition) is 3. The molecule has 6 heteroatoms. The molecule has 6 nitrogen and oxygen atoms in total. The van der Waals surface area contributed by atoms with Crippen molar-refractivity contribution >= 4 is 12.0 Å². The predicted molar refractivity (Wildman–Crippen MR) is 76.4 cm³/mol. The van der Waals surface area contributed by atoms with E-state index < -0.39 is 18.0 Å². The number of nitrogens with one attached hydrogen (secondary N) is 2. The van der Waals surface area contributed by atoms with Gasteiger partial charge in [0, 0.05) is 5.70 Å². The Morgan fingerprint density at radius 3 is 2.71 bits per heavy atom. The predicted octanol–water partition coefficient (Wildman–Crippen LogP) is 1.75. The molecule has 1 atom stereocenters. The summed E-state index contributed by atoms with van der Waals surface area (Å²) >= 11 is 0. The quantitative estimate of drug-likeness (QED) is 0.582. The number of phenolic OH excluding ortho intramolecular Hbond substituents is 1. The third kappa shape index (κ3) is 3.22. The molecule has 0 aromatic heterocycles. The lowest BCUT2D eigenvalue weighted by Crippen LogP contribution is -2.45. The number of amides is 2. The lowest BCUT2D eigenvalue weighted by molar-refractivity contribution is -0.138. The third-order valence-electron chi connectivity index (χ3n) is 3.05. The van der Waals surface area contributed by atoms with E-state index in [1.54, 1.807) is 19.1 Å². The van der Waals surface area contributed by atoms with Gasteiger partial charge < -0.3 is 20.5 Å². The van der Waals surface area contributed by atoms with E-state index in [4.69, 9.17) is 4.74 Å². The van der Waals surface area contributed by atoms with Crippen molar-refractivity contribution in [3.05, 3.63) is 53.8 Å². The normalized spacial score (nSPS) is 17.8. The molecule has 0 spiro atoms. The summed E-state index contributed by atoms with van der Waals surface area (Å²) in [5.41, 5.74) is 1.43. The van der Waals surface area contributed by atoms with Crippen LogP contribution in [-0.4, -0.2) is 23.7 Å². The number of phenols is 1. The fraction of sp³-hybridized carbons (Fsp3) is 0.200. The molecule has 0 aliphatic carbocycles. The summed E-state index contributed by atoms with van der Waals surface area (Å²) in [7, 11) is 0. The van der Waals surface area contributed by atoms with Crippen LogP contribution in [0.5, 0.6) is 5.75 Å². The highest BCUT2D eigenvalue weighted by Gasteiger charge is 2.31. The third-order valence-corrected chi connectivity index (χ3v) is 3.05. The first-order valence-electron chi connectivity index (χ1n) is 6.38. The van der Waals surface area contributed by atoms with Gasteiger partial charge in [0.1, 0.15) is 12.4 Å². The van der Waals surface area contributed by atoms with Gasteiger partial charge in [0.15, 0.2) is 0 Å². The van der Waals surface area contributed by atoms with Gasteiger partial charge in [-0.15, -0.1) is 0 Å². The van der Waals surface area contributed by atoms with Crippen LogP contribution in [0.25, 0.3) is 0 Å². The summed E-state index contributed by atoms with van der Waals surface area (Å²) in [5.74, 6) is -0.423. The number of allylic oxidation sites excluding steroid dienone is 1. The number of urea groups is 1. The van der Waals surface area contributed by atoms with Crippen LogP contribution in [0.1, 0.15) is 18.5 Å². The average Bonchev–Trinajstić information content (AvgIpc) is 2.44. The molecule has 21 heavy (non-hydrogen) atoms. The molecular weight excluding hydrogens is 272 g/mol. The van der Waals surface area contributed by atoms with Gasteiger partial charge in [-0.1, -0.05) is 24.8 Å². The van der Waals surface area contributed by atoms with Crippen LogP contribution in [0.15, 0.2) is 48.2 Å². The van der Waals surface area contributed by atoms with Gasteiger partial charge in [0.25, 0.3) is 0 Å². The highest BCUT2D eigenvalue weighted by atomic mass is 16.5. The fourth-order valence-corrected chi connectivity index (χ4v) is 2.09. The van der Waals surface area contributed by atoms with Crippen LogP contribution in [0, 0.1) is 0 Å². The molecule has 1 aromatic rings. The largest absolute Gasteiger partial charge is 0.508 e. The molecule has 0 saturated heterocycles. The Bertz CT molecular complexity index is 605. The van der Waals surface area contributed by atoms with Gasteiger partial charge in [-0.2, -0.15) is 0 Å². The zero-order chi connectivity index (χ0) is 15.4. The maximum atomic E-state index is 12.2. The van der Waals surface area contributed by atoms with Gasteiger partial charge in [-0.25, -0.2) is 9.59 Å². The van der Waals surface area contributed by atoms with E-state index in [0.29, 0.717) is 16.8 Å². The molecule has 2 amide bonds. The Kier molecular flexibility index (Phi) is 4.27. The van der Waals surface area contributed by atoms with Crippen molar-refractivity contribution < 1.29 is 19.4 Å². The van der Waals surface area contributed by atoms with Gasteiger partial charge >= 0.3 is 12.0 Å². The smallest absolute Gasteiger partial charge is 0.338 e. The van der Waals surface area contributed by atoms with E-state index in [-0.39, 0.29) is 12.4 Å². The molecule has 1 heterocycles. The Morgan fingerprint density at radius 2 is 2.10 bits per heavy atom. The van der Waals surface area contributed by atoms with Crippen LogP contribution in [0.4, 0.5) is 4.79 Å².